The number of carbonyl (C=O) groups is 4. The molecule has 0 saturated heterocycles. The summed E-state index contributed by atoms with van der Waals surface area (Å²) in [4.78, 5) is 52.5. The number of anilines is 1. The molecular formula is C28H38N4O5. The van der Waals surface area contributed by atoms with Crippen LogP contribution < -0.4 is 21.0 Å². The summed E-state index contributed by atoms with van der Waals surface area (Å²) in [6.45, 7) is 4.81. The molecule has 37 heavy (non-hydrogen) atoms. The molecule has 9 heteroatoms. The Kier molecular flexibility index (Phi) is 12.8. The van der Waals surface area contributed by atoms with Gasteiger partial charge in [0.05, 0.1) is 0 Å². The van der Waals surface area contributed by atoms with Gasteiger partial charge in [0.25, 0.3) is 0 Å². The minimum Gasteiger partial charge on any atom is -0.356 e. The summed E-state index contributed by atoms with van der Waals surface area (Å²) in [6.07, 6.45) is 1.68. The van der Waals surface area contributed by atoms with Gasteiger partial charge >= 0.3 is 0 Å². The van der Waals surface area contributed by atoms with Crippen molar-refractivity contribution in [1.82, 2.24) is 16.1 Å². The first kappa shape index (κ1) is 29.5. The zero-order valence-corrected chi connectivity index (χ0v) is 21.6. The van der Waals surface area contributed by atoms with E-state index in [1.807, 2.05) is 74.5 Å². The number of rotatable bonds is 15. The number of benzene rings is 2. The average molecular weight is 511 g/mol. The topological polar surface area (TPSA) is 128 Å². The Morgan fingerprint density at radius 2 is 1.57 bits per heavy atom. The number of nitrogens with zero attached hydrogens (tertiary/aromatic N) is 1. The SMILES string of the molecule is CCCNC(=O)CCC[C@H](CC(=O)NO)C(=O)N[C@@H](Cc1ccccc1)C(=O)N(CC)c1ccccc1. The van der Waals surface area contributed by atoms with E-state index in [4.69, 9.17) is 5.21 Å². The number of hydrogen-bond donors (Lipinski definition) is 4. The largest absolute Gasteiger partial charge is 0.356 e. The highest BCUT2D eigenvalue weighted by Gasteiger charge is 2.30. The molecule has 0 saturated carbocycles. The Morgan fingerprint density at radius 1 is 0.919 bits per heavy atom. The van der Waals surface area contributed by atoms with Crippen molar-refractivity contribution in [1.29, 1.82) is 0 Å². The highest BCUT2D eigenvalue weighted by molar-refractivity contribution is 6.00. The number of amides is 4. The second-order valence-corrected chi connectivity index (χ2v) is 8.85. The number of carbonyl (C=O) groups excluding carboxylic acids is 4. The van der Waals surface area contributed by atoms with Crippen molar-refractivity contribution in [2.75, 3.05) is 18.0 Å². The van der Waals surface area contributed by atoms with Gasteiger partial charge in [-0.2, -0.15) is 0 Å². The van der Waals surface area contributed by atoms with E-state index in [-0.39, 0.29) is 37.5 Å². The third-order valence-electron chi connectivity index (χ3n) is 6.00. The van der Waals surface area contributed by atoms with Crippen LogP contribution in [0.3, 0.4) is 0 Å². The lowest BCUT2D eigenvalue weighted by Gasteiger charge is -2.28. The maximum absolute atomic E-state index is 13.7. The molecule has 4 N–H and O–H groups in total. The summed E-state index contributed by atoms with van der Waals surface area (Å²) in [5, 5.41) is 14.7. The van der Waals surface area contributed by atoms with E-state index in [1.54, 1.807) is 10.4 Å². The van der Waals surface area contributed by atoms with Crippen LogP contribution in [0.2, 0.25) is 0 Å². The Bertz CT molecular complexity index is 1000. The van der Waals surface area contributed by atoms with Gasteiger partial charge in [0.2, 0.25) is 23.6 Å². The summed E-state index contributed by atoms with van der Waals surface area (Å²) in [6, 6.07) is 17.7. The molecule has 0 bridgehead atoms. The molecule has 2 rings (SSSR count). The van der Waals surface area contributed by atoms with Crippen LogP contribution >= 0.6 is 0 Å². The zero-order chi connectivity index (χ0) is 27.0. The monoisotopic (exact) mass is 510 g/mol. The molecule has 2 aromatic carbocycles. The van der Waals surface area contributed by atoms with Crippen LogP contribution in [0, 0.1) is 5.92 Å². The lowest BCUT2D eigenvalue weighted by atomic mass is 9.95. The molecule has 9 nitrogen and oxygen atoms in total. The molecule has 200 valence electrons. The lowest BCUT2D eigenvalue weighted by Crippen LogP contribution is -2.51. The second-order valence-electron chi connectivity index (χ2n) is 8.85. The van der Waals surface area contributed by atoms with Crippen molar-refractivity contribution < 1.29 is 24.4 Å². The van der Waals surface area contributed by atoms with Gasteiger partial charge in [-0.05, 0) is 43.9 Å². The average Bonchev–Trinajstić information content (AvgIpc) is 2.92. The van der Waals surface area contributed by atoms with Crippen molar-refractivity contribution >= 4 is 29.3 Å². The van der Waals surface area contributed by atoms with Gasteiger partial charge < -0.3 is 15.5 Å². The Hall–Kier alpha value is -3.72. The van der Waals surface area contributed by atoms with Crippen LogP contribution in [0.1, 0.15) is 51.5 Å². The predicted molar refractivity (Wildman–Crippen MR) is 142 cm³/mol. The summed E-state index contributed by atoms with van der Waals surface area (Å²) < 4.78 is 0. The molecule has 4 amide bonds. The van der Waals surface area contributed by atoms with E-state index in [9.17, 15) is 19.2 Å². The van der Waals surface area contributed by atoms with Gasteiger partial charge in [-0.1, -0.05) is 55.5 Å². The Labute approximate surface area is 218 Å². The van der Waals surface area contributed by atoms with E-state index in [0.29, 0.717) is 19.5 Å². The second kappa shape index (κ2) is 16.1. The predicted octanol–water partition coefficient (Wildman–Crippen LogP) is 2.98. The third kappa shape index (κ3) is 10.0. The first-order chi connectivity index (χ1) is 17.9. The molecular weight excluding hydrogens is 472 g/mol. The molecule has 0 aliphatic heterocycles. The highest BCUT2D eigenvalue weighted by atomic mass is 16.5. The molecule has 0 aromatic heterocycles. The lowest BCUT2D eigenvalue weighted by molar-refractivity contribution is -0.136. The van der Waals surface area contributed by atoms with Crippen molar-refractivity contribution in [3.05, 3.63) is 66.2 Å². The molecule has 0 spiro atoms. The van der Waals surface area contributed by atoms with E-state index in [2.05, 4.69) is 10.6 Å². The van der Waals surface area contributed by atoms with Gasteiger partial charge in [-0.3, -0.25) is 24.4 Å². The fourth-order valence-electron chi connectivity index (χ4n) is 4.06. The Morgan fingerprint density at radius 3 is 2.16 bits per heavy atom. The van der Waals surface area contributed by atoms with Gasteiger partial charge in [-0.25, -0.2) is 5.48 Å². The van der Waals surface area contributed by atoms with Crippen LogP contribution in [-0.4, -0.2) is 48.0 Å². The number of hydrogen-bond acceptors (Lipinski definition) is 5. The van der Waals surface area contributed by atoms with E-state index in [1.165, 1.54) is 0 Å². The molecule has 0 aliphatic rings. The van der Waals surface area contributed by atoms with Crippen molar-refractivity contribution in [3.8, 4) is 0 Å². The smallest absolute Gasteiger partial charge is 0.249 e. The number of nitrogens with one attached hydrogen (secondary N) is 3. The summed E-state index contributed by atoms with van der Waals surface area (Å²) in [7, 11) is 0. The number of hydroxylamine groups is 1. The summed E-state index contributed by atoms with van der Waals surface area (Å²) in [5.74, 6) is -2.39. The van der Waals surface area contributed by atoms with E-state index >= 15 is 0 Å². The number of likely N-dealkylation sites (N-methyl/N-ethyl adjacent to an activating group) is 1. The van der Waals surface area contributed by atoms with Gasteiger partial charge in [0, 0.05) is 44.0 Å². The first-order valence-electron chi connectivity index (χ1n) is 12.8. The maximum atomic E-state index is 13.7. The molecule has 2 atom stereocenters. The van der Waals surface area contributed by atoms with Crippen LogP contribution in [-0.2, 0) is 25.6 Å². The minimum absolute atomic E-state index is 0.119. The van der Waals surface area contributed by atoms with Crippen molar-refractivity contribution in [2.24, 2.45) is 5.92 Å². The normalized spacial score (nSPS) is 12.2. The quantitative estimate of drug-likeness (QED) is 0.216. The van der Waals surface area contributed by atoms with Crippen molar-refractivity contribution in [2.45, 2.75) is 58.4 Å². The molecule has 0 fully saturated rings. The molecule has 0 heterocycles. The van der Waals surface area contributed by atoms with Crippen LogP contribution in [0.5, 0.6) is 0 Å². The summed E-state index contributed by atoms with van der Waals surface area (Å²) in [5.41, 5.74) is 3.17. The molecule has 0 unspecified atom stereocenters. The van der Waals surface area contributed by atoms with Crippen LogP contribution in [0.4, 0.5) is 5.69 Å². The number of para-hydroxylation sites is 1. The van der Waals surface area contributed by atoms with Gasteiger partial charge in [0.15, 0.2) is 0 Å². The maximum Gasteiger partial charge on any atom is 0.249 e. The van der Waals surface area contributed by atoms with Gasteiger partial charge in [-0.15, -0.1) is 0 Å². The van der Waals surface area contributed by atoms with Gasteiger partial charge in [0.1, 0.15) is 6.04 Å². The molecule has 2 aromatic rings. The fourth-order valence-corrected chi connectivity index (χ4v) is 4.06. The minimum atomic E-state index is -0.873. The van der Waals surface area contributed by atoms with E-state index < -0.39 is 23.8 Å². The fraction of sp³-hybridized carbons (Fsp3) is 0.429. The van der Waals surface area contributed by atoms with E-state index in [0.717, 1.165) is 17.7 Å². The molecule has 0 aliphatic carbocycles. The van der Waals surface area contributed by atoms with Crippen LogP contribution in [0.15, 0.2) is 60.7 Å². The highest BCUT2D eigenvalue weighted by Crippen LogP contribution is 2.18. The zero-order valence-electron chi connectivity index (χ0n) is 21.6. The Balaban J connectivity index is 2.21. The molecule has 0 radical (unpaired) electrons. The standard InChI is InChI=1S/C28H38N4O5/c1-3-18-29-25(33)17-11-14-22(20-26(34)31-37)27(35)30-24(19-21-12-7-5-8-13-21)28(36)32(4-2)23-15-9-6-10-16-23/h5-10,12-13,15-16,22,24,37H,3-4,11,14,17-20H2,1-2H3,(H,29,33)(H,30,35)(H,31,34)/t22-,24+/m1/s1. The summed E-state index contributed by atoms with van der Waals surface area (Å²) >= 11 is 0. The third-order valence-corrected chi connectivity index (χ3v) is 6.00. The van der Waals surface area contributed by atoms with Crippen LogP contribution in [0.25, 0.3) is 0 Å². The first-order valence-corrected chi connectivity index (χ1v) is 12.8. The van der Waals surface area contributed by atoms with Crippen molar-refractivity contribution in [3.63, 3.8) is 0 Å².